The monoisotopic (exact) mass is 347 g/mol. The van der Waals surface area contributed by atoms with E-state index in [1.54, 1.807) is 0 Å². The molecule has 1 rings (SSSR count). The van der Waals surface area contributed by atoms with E-state index < -0.39 is 54.5 Å². The molecule has 10 nitrogen and oxygen atoms in total. The van der Waals surface area contributed by atoms with Gasteiger partial charge < -0.3 is 29.4 Å². The van der Waals surface area contributed by atoms with Crippen LogP contribution in [0.15, 0.2) is 0 Å². The fourth-order valence-electron chi connectivity index (χ4n) is 2.24. The first kappa shape index (κ1) is 19.8. The van der Waals surface area contributed by atoms with Gasteiger partial charge in [0.05, 0.1) is 0 Å². The highest BCUT2D eigenvalue weighted by atomic mass is 16.7. The molecule has 5 atom stereocenters. The Morgan fingerprint density at radius 1 is 1.00 bits per heavy atom. The zero-order valence-electron chi connectivity index (χ0n) is 13.8. The van der Waals surface area contributed by atoms with E-state index in [4.69, 9.17) is 18.9 Å². The molecule has 0 radical (unpaired) electrons. The molecule has 3 unspecified atom stereocenters. The summed E-state index contributed by atoms with van der Waals surface area (Å²) in [5.74, 6) is -2.55. The standard InChI is InChI=1S/C14H21NO9/c1-6(16)15-11-13(22-8(3)18)12(20)10(5-21-7(2)17)24-14(11)23-9(4)19/h10-14,20H,5H2,1-4H3,(H,15,16)/t10?,11?,12-,13?,14-/m1/s1. The normalized spacial score (nSPS) is 29.3. The van der Waals surface area contributed by atoms with Gasteiger partial charge in [-0.3, -0.25) is 19.2 Å². The minimum atomic E-state index is -1.42. The zero-order chi connectivity index (χ0) is 18.4. The second-order valence-electron chi connectivity index (χ2n) is 5.25. The number of ether oxygens (including phenoxy) is 4. The minimum Gasteiger partial charge on any atom is -0.463 e. The molecule has 0 spiro atoms. The van der Waals surface area contributed by atoms with Crippen LogP contribution >= 0.6 is 0 Å². The molecular formula is C14H21NO9. The van der Waals surface area contributed by atoms with Crippen LogP contribution < -0.4 is 5.32 Å². The van der Waals surface area contributed by atoms with Gasteiger partial charge in [0, 0.05) is 27.7 Å². The lowest BCUT2D eigenvalue weighted by Crippen LogP contribution is -2.66. The van der Waals surface area contributed by atoms with E-state index in [9.17, 15) is 24.3 Å². The SMILES string of the molecule is CC(=O)NC1C(OC(C)=O)[C@H](O)C(COC(C)=O)O[C@H]1OC(C)=O. The summed E-state index contributed by atoms with van der Waals surface area (Å²) >= 11 is 0. The summed E-state index contributed by atoms with van der Waals surface area (Å²) in [6.07, 6.45) is -5.13. The first-order valence-corrected chi connectivity index (χ1v) is 7.20. The molecule has 10 heteroatoms. The van der Waals surface area contributed by atoms with Gasteiger partial charge in [-0.15, -0.1) is 0 Å². The Kier molecular flexibility index (Phi) is 7.11. The molecular weight excluding hydrogens is 326 g/mol. The van der Waals surface area contributed by atoms with E-state index >= 15 is 0 Å². The maximum Gasteiger partial charge on any atom is 0.305 e. The van der Waals surface area contributed by atoms with Crippen LogP contribution in [0.4, 0.5) is 0 Å². The number of hydrogen-bond donors (Lipinski definition) is 2. The quantitative estimate of drug-likeness (QED) is 0.456. The maximum atomic E-state index is 11.4. The molecule has 2 N–H and O–H groups in total. The van der Waals surface area contributed by atoms with Gasteiger partial charge in [0.2, 0.25) is 12.2 Å². The second kappa shape index (κ2) is 8.60. The maximum absolute atomic E-state index is 11.4. The molecule has 1 amide bonds. The number of carbonyl (C=O) groups is 4. The second-order valence-corrected chi connectivity index (χ2v) is 5.25. The minimum absolute atomic E-state index is 0.348. The van der Waals surface area contributed by atoms with E-state index in [-0.39, 0.29) is 6.61 Å². The number of esters is 3. The fraction of sp³-hybridized carbons (Fsp3) is 0.714. The highest BCUT2D eigenvalue weighted by Gasteiger charge is 2.49. The Labute approximate surface area is 138 Å². The van der Waals surface area contributed by atoms with Crippen molar-refractivity contribution in [1.29, 1.82) is 0 Å². The summed E-state index contributed by atoms with van der Waals surface area (Å²) in [4.78, 5) is 44.9. The largest absolute Gasteiger partial charge is 0.463 e. The molecule has 1 aliphatic heterocycles. The van der Waals surface area contributed by atoms with E-state index in [0.717, 1.165) is 13.8 Å². The van der Waals surface area contributed by atoms with E-state index in [0.29, 0.717) is 0 Å². The highest BCUT2D eigenvalue weighted by Crippen LogP contribution is 2.25. The van der Waals surface area contributed by atoms with Gasteiger partial charge >= 0.3 is 17.9 Å². The highest BCUT2D eigenvalue weighted by molar-refractivity contribution is 5.74. The molecule has 0 aromatic rings. The molecule has 0 saturated carbocycles. The number of aliphatic hydroxyl groups excluding tert-OH is 1. The van der Waals surface area contributed by atoms with Gasteiger partial charge in [-0.05, 0) is 0 Å². The van der Waals surface area contributed by atoms with Crippen LogP contribution in [0.25, 0.3) is 0 Å². The molecule has 0 aliphatic carbocycles. The molecule has 1 fully saturated rings. The van der Waals surface area contributed by atoms with Gasteiger partial charge in [0.1, 0.15) is 24.9 Å². The van der Waals surface area contributed by atoms with E-state index in [2.05, 4.69) is 5.32 Å². The van der Waals surface area contributed by atoms with Crippen LogP contribution in [-0.4, -0.2) is 66.2 Å². The van der Waals surface area contributed by atoms with Crippen molar-refractivity contribution < 1.29 is 43.2 Å². The summed E-state index contributed by atoms with van der Waals surface area (Å²) in [6, 6.07) is -1.13. The Morgan fingerprint density at radius 3 is 2.04 bits per heavy atom. The van der Waals surface area contributed by atoms with Gasteiger partial charge in [-0.1, -0.05) is 0 Å². The molecule has 24 heavy (non-hydrogen) atoms. The van der Waals surface area contributed by atoms with Crippen molar-refractivity contribution in [3.05, 3.63) is 0 Å². The van der Waals surface area contributed by atoms with Crippen LogP contribution in [0.5, 0.6) is 0 Å². The summed E-state index contributed by atoms with van der Waals surface area (Å²) in [5, 5.41) is 12.8. The first-order valence-electron chi connectivity index (χ1n) is 7.20. The van der Waals surface area contributed by atoms with Gasteiger partial charge in [0.15, 0.2) is 6.10 Å². The third-order valence-corrected chi connectivity index (χ3v) is 3.08. The molecule has 0 aromatic heterocycles. The lowest BCUT2D eigenvalue weighted by Gasteiger charge is -2.43. The van der Waals surface area contributed by atoms with Gasteiger partial charge in [-0.25, -0.2) is 0 Å². The van der Waals surface area contributed by atoms with Crippen LogP contribution in [-0.2, 0) is 38.1 Å². The number of aliphatic hydroxyl groups is 1. The van der Waals surface area contributed by atoms with Crippen molar-refractivity contribution in [3.8, 4) is 0 Å². The van der Waals surface area contributed by atoms with Crippen molar-refractivity contribution in [2.45, 2.75) is 58.3 Å². The average Bonchev–Trinajstić information content (AvgIpc) is 2.42. The Bertz CT molecular complexity index is 506. The molecule has 0 bridgehead atoms. The number of amides is 1. The lowest BCUT2D eigenvalue weighted by atomic mass is 9.96. The van der Waals surface area contributed by atoms with Crippen molar-refractivity contribution in [1.82, 2.24) is 5.32 Å². The molecule has 1 heterocycles. The predicted octanol–water partition coefficient (Wildman–Crippen LogP) is -1.37. The van der Waals surface area contributed by atoms with Crippen LogP contribution in [0, 0.1) is 0 Å². The molecule has 1 saturated heterocycles. The van der Waals surface area contributed by atoms with Crippen molar-refractivity contribution >= 4 is 23.8 Å². The summed E-state index contributed by atoms with van der Waals surface area (Å²) in [5.41, 5.74) is 0. The topological polar surface area (TPSA) is 137 Å². The average molecular weight is 347 g/mol. The van der Waals surface area contributed by atoms with Crippen molar-refractivity contribution in [3.63, 3.8) is 0 Å². The third-order valence-electron chi connectivity index (χ3n) is 3.08. The summed E-state index contributed by atoms with van der Waals surface area (Å²) in [6.45, 7) is 4.27. The Hall–Kier alpha value is -2.20. The Morgan fingerprint density at radius 2 is 1.58 bits per heavy atom. The number of carbonyl (C=O) groups excluding carboxylic acids is 4. The first-order chi connectivity index (χ1) is 11.1. The zero-order valence-corrected chi connectivity index (χ0v) is 13.8. The number of nitrogens with one attached hydrogen (secondary N) is 1. The van der Waals surface area contributed by atoms with Crippen molar-refractivity contribution in [2.75, 3.05) is 6.61 Å². The van der Waals surface area contributed by atoms with Gasteiger partial charge in [0.25, 0.3) is 0 Å². The van der Waals surface area contributed by atoms with E-state index in [1.165, 1.54) is 13.8 Å². The Balaban J connectivity index is 3.07. The van der Waals surface area contributed by atoms with Crippen LogP contribution in [0.2, 0.25) is 0 Å². The number of hydrogen-bond acceptors (Lipinski definition) is 9. The molecule has 136 valence electrons. The summed E-state index contributed by atoms with van der Waals surface area (Å²) < 4.78 is 20.2. The van der Waals surface area contributed by atoms with Gasteiger partial charge in [-0.2, -0.15) is 0 Å². The smallest absolute Gasteiger partial charge is 0.305 e. The molecule has 1 aliphatic rings. The van der Waals surface area contributed by atoms with Crippen molar-refractivity contribution in [2.24, 2.45) is 0 Å². The molecule has 0 aromatic carbocycles. The predicted molar refractivity (Wildman–Crippen MR) is 76.2 cm³/mol. The third kappa shape index (κ3) is 5.78. The lowest BCUT2D eigenvalue weighted by molar-refractivity contribution is -0.267. The fourth-order valence-corrected chi connectivity index (χ4v) is 2.24. The van der Waals surface area contributed by atoms with Crippen LogP contribution in [0.3, 0.4) is 0 Å². The summed E-state index contributed by atoms with van der Waals surface area (Å²) in [7, 11) is 0. The van der Waals surface area contributed by atoms with Crippen LogP contribution in [0.1, 0.15) is 27.7 Å². The number of rotatable bonds is 5. The van der Waals surface area contributed by atoms with E-state index in [1.807, 2.05) is 0 Å².